The first kappa shape index (κ1) is 10.9. The summed E-state index contributed by atoms with van der Waals surface area (Å²) in [5, 5.41) is 0. The Balaban J connectivity index is 1.41. The second-order valence-corrected chi connectivity index (χ2v) is 9.18. The molecule has 2 aromatic heterocycles. The Morgan fingerprint density at radius 2 is 0.872 bits per heavy atom. The number of imidazole rings is 1. The molecule has 0 bridgehead atoms. The maximum Gasteiger partial charge on any atom is 0.333 e. The Morgan fingerprint density at radius 1 is 0.468 bits per heavy atom. The molecule has 6 aromatic carbocycles. The van der Waals surface area contributed by atoms with Gasteiger partial charge in [-0.2, -0.15) is 0 Å². The van der Waals surface area contributed by atoms with E-state index in [9.17, 15) is 6.17 Å². The van der Waals surface area contributed by atoms with Gasteiger partial charge in [-0.15, -0.1) is 0 Å². The van der Waals surface area contributed by atoms with Gasteiger partial charge in [0.15, 0.2) is 17.5 Å². The van der Waals surface area contributed by atoms with Crippen LogP contribution in [0.15, 0.2) is 162 Å². The second-order valence-electron chi connectivity index (χ2n) is 9.18. The summed E-state index contributed by atoms with van der Waals surface area (Å²) in [6.45, 7) is -3.57. The second kappa shape index (κ2) is 11.8. The van der Waals surface area contributed by atoms with Crippen molar-refractivity contribution >= 4 is 11.0 Å². The van der Waals surface area contributed by atoms with Gasteiger partial charge in [0, 0.05) is 27.8 Å². The summed E-state index contributed by atoms with van der Waals surface area (Å²) >= 11 is 0. The molecular formula is C41H29N5O. The maximum absolute atomic E-state index is 14.1. The SMILES string of the molecule is [2H]c1c([2H])c([2H])c(-c2nc(-c3c([2H])c([2H])c([2H])c([2H])c3[2H])nc(-c3c([2H])c([2H])c(-c4c([2H])c([2H])c(-c5c([2H])c([2H])c6c(c5[2H])n(C([2H])([2H])[2H])c(=O)n6-c5c([2H])c([2H])c([2H])c([2H])c5[2H])c([2H])c4[2H])c([2H])c3[2H])n2)c([2H])c1[2H]. The number of fused-ring (bicyclic) bond motifs is 1. The van der Waals surface area contributed by atoms with Crippen molar-refractivity contribution < 1.29 is 39.8 Å². The van der Waals surface area contributed by atoms with E-state index in [1.165, 1.54) is 0 Å². The zero-order chi connectivity index (χ0) is 56.9. The molecule has 0 spiro atoms. The normalized spacial score (nSPS) is 20.1. The number of nitrogens with zero attached hydrogens (tertiary/aromatic N) is 5. The minimum atomic E-state index is -3.57. The highest BCUT2D eigenvalue weighted by atomic mass is 16.1. The van der Waals surface area contributed by atoms with Crippen LogP contribution < -0.4 is 5.69 Å². The van der Waals surface area contributed by atoms with Crippen LogP contribution in [0.25, 0.3) is 73.1 Å². The lowest BCUT2D eigenvalue weighted by atomic mass is 9.99. The van der Waals surface area contributed by atoms with Crippen LogP contribution in [0.2, 0.25) is 0 Å². The molecule has 0 atom stereocenters. The van der Waals surface area contributed by atoms with E-state index in [0.717, 1.165) is 0 Å². The highest BCUT2D eigenvalue weighted by Gasteiger charge is 2.14. The van der Waals surface area contributed by atoms with Gasteiger partial charge in [-0.1, -0.05) is 133 Å². The van der Waals surface area contributed by atoms with E-state index in [1.54, 1.807) is 0 Å². The molecule has 2 heterocycles. The summed E-state index contributed by atoms with van der Waals surface area (Å²) < 4.78 is 250. The Bertz CT molecular complexity index is 3800. The summed E-state index contributed by atoms with van der Waals surface area (Å²) in [7, 11) is 0. The van der Waals surface area contributed by atoms with Gasteiger partial charge in [-0.05, 0) is 46.4 Å². The summed E-state index contributed by atoms with van der Waals surface area (Å²) in [5.41, 5.74) is -10.7. The molecule has 8 rings (SSSR count). The third kappa shape index (κ3) is 5.32. The minimum absolute atomic E-state index is 0.0458. The highest BCUT2D eigenvalue weighted by Crippen LogP contribution is 2.30. The van der Waals surface area contributed by atoms with E-state index in [-0.39, 0.29) is 9.13 Å². The van der Waals surface area contributed by atoms with Gasteiger partial charge in [0.25, 0.3) is 0 Å². The molecule has 0 saturated carbocycles. The number of hydrogen-bond acceptors (Lipinski definition) is 4. The van der Waals surface area contributed by atoms with Gasteiger partial charge in [-0.3, -0.25) is 9.13 Å². The average Bonchev–Trinajstić information content (AvgIpc) is 3.75. The zero-order valence-corrected chi connectivity index (χ0v) is 23.1. The van der Waals surface area contributed by atoms with Crippen molar-refractivity contribution in [2.75, 3.05) is 0 Å². The number of para-hydroxylation sites is 1. The third-order valence-electron chi connectivity index (χ3n) is 6.37. The Morgan fingerprint density at radius 3 is 1.36 bits per heavy atom. The van der Waals surface area contributed by atoms with E-state index in [1.807, 2.05) is 0 Å². The molecule has 0 amide bonds. The van der Waals surface area contributed by atoms with E-state index in [0.29, 0.717) is 0 Å². The average molecular weight is 637 g/mol. The van der Waals surface area contributed by atoms with Gasteiger partial charge in [0.05, 0.1) is 52.4 Å². The quantitative estimate of drug-likeness (QED) is 0.183. The van der Waals surface area contributed by atoms with Gasteiger partial charge in [-0.25, -0.2) is 19.7 Å². The predicted molar refractivity (Wildman–Crippen MR) is 189 cm³/mol. The predicted octanol–water partition coefficient (Wildman–Crippen LogP) is 8.85. The molecule has 0 unspecified atom stereocenters. The third-order valence-corrected chi connectivity index (χ3v) is 6.37. The number of rotatable bonds is 6. The van der Waals surface area contributed by atoms with Crippen LogP contribution in [0.5, 0.6) is 0 Å². The standard InChI is InChI=1S/C41H29N5O/c1-45-37-27-34(25-26-36(37)46(41(45)47)35-15-9-4-10-16-35)30-19-17-28(18-20-30)29-21-23-33(24-22-29)40-43-38(31-11-5-2-6-12-31)42-39(44-40)32-13-7-3-8-14-32/h2-27H,1H3/i1D3,2D,3D,4D,5D,6D,7D,8D,9D,10D,11D,12D,13D,14D,15D,16D,17D,18D,19D,20D,21D,22D,23D,24D,25D,26D,27D. The van der Waals surface area contributed by atoms with E-state index in [4.69, 9.17) is 38.4 Å². The summed E-state index contributed by atoms with van der Waals surface area (Å²) in [6.07, 6.45) is 0. The molecule has 47 heavy (non-hydrogen) atoms. The van der Waals surface area contributed by atoms with Crippen molar-refractivity contribution in [2.24, 2.45) is 6.98 Å². The maximum atomic E-state index is 14.1. The minimum Gasteiger partial charge on any atom is -0.295 e. The zero-order valence-electron chi connectivity index (χ0n) is 52.1. The van der Waals surface area contributed by atoms with Crippen LogP contribution in [0.1, 0.15) is 39.8 Å². The largest absolute Gasteiger partial charge is 0.333 e. The van der Waals surface area contributed by atoms with Crippen molar-refractivity contribution in [3.05, 3.63) is 168 Å². The van der Waals surface area contributed by atoms with Crippen LogP contribution in [-0.4, -0.2) is 24.1 Å². The lowest BCUT2D eigenvalue weighted by Crippen LogP contribution is -2.20. The number of benzene rings is 6. The summed E-state index contributed by atoms with van der Waals surface area (Å²) in [4.78, 5) is 26.5. The number of aromatic nitrogens is 5. The van der Waals surface area contributed by atoms with Crippen LogP contribution in [-0.2, 0) is 6.98 Å². The van der Waals surface area contributed by atoms with Crippen molar-refractivity contribution in [3.63, 3.8) is 0 Å². The topological polar surface area (TPSA) is 65.6 Å². The van der Waals surface area contributed by atoms with E-state index >= 15 is 0 Å². The molecule has 0 aliphatic heterocycles. The lowest BCUT2D eigenvalue weighted by molar-refractivity contribution is 0.846. The highest BCUT2D eigenvalue weighted by molar-refractivity contribution is 5.84. The molecule has 6 nitrogen and oxygen atoms in total. The van der Waals surface area contributed by atoms with Crippen LogP contribution in [0, 0.1) is 0 Å². The fourth-order valence-electron chi connectivity index (χ4n) is 4.24. The molecule has 8 aromatic rings. The number of aryl methyl sites for hydroxylation is 1. The number of hydrogen-bond donors (Lipinski definition) is 0. The Hall–Kier alpha value is -6.40. The van der Waals surface area contributed by atoms with Crippen LogP contribution >= 0.6 is 0 Å². The van der Waals surface area contributed by atoms with Crippen molar-refractivity contribution in [2.45, 2.75) is 0 Å². The molecule has 224 valence electrons. The molecular weight excluding hydrogens is 578 g/mol. The Kier molecular flexibility index (Phi) is 2.73. The van der Waals surface area contributed by atoms with Crippen molar-refractivity contribution in [1.29, 1.82) is 0 Å². The van der Waals surface area contributed by atoms with Crippen LogP contribution in [0.3, 0.4) is 0 Å². The lowest BCUT2D eigenvalue weighted by Gasteiger charge is -2.09. The van der Waals surface area contributed by atoms with Gasteiger partial charge >= 0.3 is 5.69 Å². The van der Waals surface area contributed by atoms with E-state index < -0.39 is 243 Å². The first-order chi connectivity index (χ1) is 35.2. The first-order valence-corrected chi connectivity index (χ1v) is 13.1. The van der Waals surface area contributed by atoms with Crippen molar-refractivity contribution in [3.8, 4) is 62.1 Å². The fraction of sp³-hybridized carbons (Fsp3) is 0.0244. The molecule has 0 fully saturated rings. The fourth-order valence-corrected chi connectivity index (χ4v) is 4.24. The van der Waals surface area contributed by atoms with Crippen molar-refractivity contribution in [1.82, 2.24) is 24.1 Å². The molecule has 6 heteroatoms. The van der Waals surface area contributed by atoms with Gasteiger partial charge in [0.1, 0.15) is 0 Å². The Labute approximate surface area is 312 Å². The van der Waals surface area contributed by atoms with Crippen LogP contribution in [0.4, 0.5) is 0 Å². The molecule has 0 saturated heterocycles. The molecule has 0 aliphatic carbocycles. The first-order valence-electron chi connectivity index (χ1n) is 27.6. The monoisotopic (exact) mass is 636 g/mol. The summed E-state index contributed by atoms with van der Waals surface area (Å²) in [5.74, 6) is -2.53. The van der Waals surface area contributed by atoms with Gasteiger partial charge < -0.3 is 0 Å². The summed E-state index contributed by atoms with van der Waals surface area (Å²) in [6, 6.07) is -26.3. The van der Waals surface area contributed by atoms with E-state index in [2.05, 4.69) is 15.0 Å². The molecule has 0 radical (unpaired) electrons. The molecule has 0 aliphatic rings. The smallest absolute Gasteiger partial charge is 0.295 e. The molecule has 0 N–H and O–H groups in total. The van der Waals surface area contributed by atoms with Gasteiger partial charge in [0.2, 0.25) is 0 Å².